The van der Waals surface area contributed by atoms with Gasteiger partial charge in [0.25, 0.3) is 0 Å². The fraction of sp³-hybridized carbons (Fsp3) is 0.300. The van der Waals surface area contributed by atoms with Crippen molar-refractivity contribution in [2.45, 2.75) is 62.3 Å². The highest BCUT2D eigenvalue weighted by molar-refractivity contribution is 6.46. The maximum absolute atomic E-state index is 13.2. The number of carbonyl (C=O) groups is 3. The SMILES string of the molecule is Cc1cc(C)c(C(=O)OB(OC(=O)c2c(C)cc(C)cc2C)OC(=O)c2c(C)cc(C)cc2C)c(C)c1. The van der Waals surface area contributed by atoms with Gasteiger partial charge in [-0.15, -0.1) is 0 Å². The zero-order valence-electron chi connectivity index (χ0n) is 23.0. The van der Waals surface area contributed by atoms with Crippen LogP contribution in [-0.2, 0) is 14.0 Å². The molecule has 0 N–H and O–H groups in total. The second kappa shape index (κ2) is 11.0. The number of carbonyl (C=O) groups excluding carboxylic acids is 3. The van der Waals surface area contributed by atoms with E-state index < -0.39 is 25.2 Å². The van der Waals surface area contributed by atoms with Crippen molar-refractivity contribution in [3.63, 3.8) is 0 Å². The Morgan fingerprint density at radius 2 is 0.622 bits per heavy atom. The summed E-state index contributed by atoms with van der Waals surface area (Å²) in [5, 5.41) is 0. The summed E-state index contributed by atoms with van der Waals surface area (Å²) in [6, 6.07) is 11.1. The standard InChI is InChI=1S/C30H33BO6/c1-16-10-19(4)25(20(5)11-16)28(32)35-31(36-29(33)26-21(6)12-17(2)13-22(26)7)37-30(34)27-23(8)14-18(3)15-24(27)9/h10-15H,1-9H3. The molecule has 3 aromatic carbocycles. The summed E-state index contributed by atoms with van der Waals surface area (Å²) in [5.74, 6) is -2.26. The van der Waals surface area contributed by atoms with Crippen LogP contribution in [0, 0.1) is 62.3 Å². The van der Waals surface area contributed by atoms with Gasteiger partial charge in [-0.05, 0) is 95.7 Å². The van der Waals surface area contributed by atoms with Gasteiger partial charge in [-0.1, -0.05) is 53.1 Å². The van der Waals surface area contributed by atoms with Gasteiger partial charge < -0.3 is 14.0 Å². The minimum atomic E-state index is -1.88. The average Bonchev–Trinajstić information content (AvgIpc) is 2.71. The van der Waals surface area contributed by atoms with E-state index in [1.165, 1.54) is 0 Å². The summed E-state index contributed by atoms with van der Waals surface area (Å²) in [5.41, 5.74) is 8.19. The molecule has 0 fully saturated rings. The van der Waals surface area contributed by atoms with Crippen molar-refractivity contribution in [2.24, 2.45) is 0 Å². The highest BCUT2D eigenvalue weighted by atomic mass is 16.8. The van der Waals surface area contributed by atoms with E-state index in [-0.39, 0.29) is 0 Å². The van der Waals surface area contributed by atoms with Gasteiger partial charge in [0, 0.05) is 0 Å². The summed E-state index contributed by atoms with van der Waals surface area (Å²) in [6.07, 6.45) is 0. The van der Waals surface area contributed by atoms with E-state index in [1.807, 2.05) is 57.2 Å². The Balaban J connectivity index is 1.97. The Morgan fingerprint density at radius 3 is 0.811 bits per heavy atom. The maximum atomic E-state index is 13.2. The molecule has 0 heterocycles. The monoisotopic (exact) mass is 500 g/mol. The molecule has 0 radical (unpaired) electrons. The molecule has 3 rings (SSSR count). The molecule has 7 heteroatoms. The van der Waals surface area contributed by atoms with Gasteiger partial charge in [-0.2, -0.15) is 0 Å². The van der Waals surface area contributed by atoms with E-state index in [1.54, 1.807) is 41.5 Å². The smallest absolute Gasteiger partial charge is 0.458 e. The highest BCUT2D eigenvalue weighted by Crippen LogP contribution is 2.22. The molecule has 0 aliphatic rings. The minimum Gasteiger partial charge on any atom is -0.458 e. The van der Waals surface area contributed by atoms with E-state index in [0.717, 1.165) is 16.7 Å². The summed E-state index contributed by atoms with van der Waals surface area (Å²) in [7, 11) is -1.88. The van der Waals surface area contributed by atoms with Crippen LogP contribution in [0.3, 0.4) is 0 Å². The van der Waals surface area contributed by atoms with Gasteiger partial charge in [-0.25, -0.2) is 14.4 Å². The van der Waals surface area contributed by atoms with Crippen LogP contribution >= 0.6 is 0 Å². The van der Waals surface area contributed by atoms with Crippen molar-refractivity contribution in [1.82, 2.24) is 0 Å². The summed E-state index contributed by atoms with van der Waals surface area (Å²) < 4.78 is 16.5. The van der Waals surface area contributed by atoms with Crippen LogP contribution in [0.15, 0.2) is 36.4 Å². The molecule has 0 aliphatic heterocycles. The van der Waals surface area contributed by atoms with Crippen LogP contribution in [0.2, 0.25) is 0 Å². The normalized spacial score (nSPS) is 10.6. The Morgan fingerprint density at radius 1 is 0.432 bits per heavy atom. The van der Waals surface area contributed by atoms with Crippen molar-refractivity contribution >= 4 is 25.2 Å². The first kappa shape index (κ1) is 27.7. The number of benzene rings is 3. The highest BCUT2D eigenvalue weighted by Gasteiger charge is 2.39. The van der Waals surface area contributed by atoms with Gasteiger partial charge in [0.05, 0.1) is 16.7 Å². The minimum absolute atomic E-state index is 0.327. The quantitative estimate of drug-likeness (QED) is 0.369. The van der Waals surface area contributed by atoms with E-state index in [4.69, 9.17) is 14.0 Å². The number of rotatable bonds is 6. The molecular weight excluding hydrogens is 467 g/mol. The van der Waals surface area contributed by atoms with Gasteiger partial charge >= 0.3 is 25.2 Å². The molecule has 3 aromatic rings. The van der Waals surface area contributed by atoms with Crippen molar-refractivity contribution in [2.75, 3.05) is 0 Å². The molecule has 0 unspecified atom stereocenters. The first-order chi connectivity index (χ1) is 17.3. The van der Waals surface area contributed by atoms with Crippen molar-refractivity contribution < 1.29 is 28.3 Å². The topological polar surface area (TPSA) is 78.9 Å². The molecule has 192 valence electrons. The Hall–Kier alpha value is -3.87. The molecule has 0 amide bonds. The predicted octanol–water partition coefficient (Wildman–Crippen LogP) is 6.32. The number of hydrogen-bond donors (Lipinski definition) is 0. The summed E-state index contributed by atoms with van der Waals surface area (Å²) >= 11 is 0. The van der Waals surface area contributed by atoms with E-state index in [0.29, 0.717) is 50.1 Å². The van der Waals surface area contributed by atoms with Crippen LogP contribution in [0.4, 0.5) is 0 Å². The lowest BCUT2D eigenvalue weighted by Gasteiger charge is -2.18. The second-order valence-electron chi connectivity index (χ2n) is 9.83. The summed E-state index contributed by atoms with van der Waals surface area (Å²) in [4.78, 5) is 39.6. The van der Waals surface area contributed by atoms with Crippen molar-refractivity contribution in [3.05, 3.63) is 103 Å². The van der Waals surface area contributed by atoms with Crippen molar-refractivity contribution in [1.29, 1.82) is 0 Å². The van der Waals surface area contributed by atoms with Crippen LogP contribution in [0.25, 0.3) is 0 Å². The van der Waals surface area contributed by atoms with Gasteiger partial charge in [0.2, 0.25) is 0 Å². The average molecular weight is 500 g/mol. The molecule has 0 aromatic heterocycles. The maximum Gasteiger partial charge on any atom is 0.870 e. The molecular formula is C30H33BO6. The number of aryl methyl sites for hydroxylation is 9. The fourth-order valence-corrected chi connectivity index (χ4v) is 5.02. The van der Waals surface area contributed by atoms with Gasteiger partial charge in [0.15, 0.2) is 0 Å². The lowest BCUT2D eigenvalue weighted by molar-refractivity contribution is 0.0409. The molecule has 0 atom stereocenters. The Labute approximate surface area is 219 Å². The molecule has 0 saturated heterocycles. The molecule has 6 nitrogen and oxygen atoms in total. The predicted molar refractivity (Wildman–Crippen MR) is 144 cm³/mol. The largest absolute Gasteiger partial charge is 0.870 e. The Kier molecular flexibility index (Phi) is 8.27. The summed E-state index contributed by atoms with van der Waals surface area (Å²) in [6.45, 7) is 16.6. The molecule has 0 bridgehead atoms. The van der Waals surface area contributed by atoms with Gasteiger partial charge in [0.1, 0.15) is 0 Å². The number of hydrogen-bond acceptors (Lipinski definition) is 6. The zero-order valence-corrected chi connectivity index (χ0v) is 23.0. The van der Waals surface area contributed by atoms with Crippen LogP contribution in [0.1, 0.15) is 81.1 Å². The van der Waals surface area contributed by atoms with Crippen molar-refractivity contribution in [3.8, 4) is 0 Å². The first-order valence-corrected chi connectivity index (χ1v) is 12.1. The van der Waals surface area contributed by atoms with E-state index >= 15 is 0 Å². The third-order valence-electron chi connectivity index (χ3n) is 6.25. The lowest BCUT2D eigenvalue weighted by atomic mass is 9.98. The molecule has 0 aliphatic carbocycles. The van der Waals surface area contributed by atoms with Gasteiger partial charge in [-0.3, -0.25) is 0 Å². The van der Waals surface area contributed by atoms with Crippen LogP contribution in [-0.4, -0.2) is 25.2 Å². The second-order valence-corrected chi connectivity index (χ2v) is 9.83. The third-order valence-corrected chi connectivity index (χ3v) is 6.25. The Bertz CT molecular complexity index is 1170. The first-order valence-electron chi connectivity index (χ1n) is 12.1. The third kappa shape index (κ3) is 6.29. The lowest BCUT2D eigenvalue weighted by Crippen LogP contribution is -2.36. The van der Waals surface area contributed by atoms with Crippen LogP contribution < -0.4 is 0 Å². The molecule has 0 saturated carbocycles. The van der Waals surface area contributed by atoms with E-state index in [2.05, 4.69) is 0 Å². The zero-order chi connectivity index (χ0) is 27.6. The fourth-order valence-electron chi connectivity index (χ4n) is 5.02. The molecule has 0 spiro atoms. The van der Waals surface area contributed by atoms with E-state index in [9.17, 15) is 14.4 Å². The van der Waals surface area contributed by atoms with Crippen LogP contribution in [0.5, 0.6) is 0 Å². The molecule has 37 heavy (non-hydrogen) atoms.